The van der Waals surface area contributed by atoms with Crippen molar-refractivity contribution in [2.75, 3.05) is 6.67 Å². The molecule has 0 radical (unpaired) electrons. The highest BCUT2D eigenvalue weighted by atomic mass is 16.2. The third-order valence-electron chi connectivity index (χ3n) is 4.27. The number of carbonyl (C=O) groups is 1. The summed E-state index contributed by atoms with van der Waals surface area (Å²) in [5.41, 5.74) is 0. The summed E-state index contributed by atoms with van der Waals surface area (Å²) in [4.78, 5) is 14.2. The first-order chi connectivity index (χ1) is 7.76. The Kier molecular flexibility index (Phi) is 3.85. The smallest absolute Gasteiger partial charge is 0.241 e. The summed E-state index contributed by atoms with van der Waals surface area (Å²) in [6.07, 6.45) is 7.27. The van der Waals surface area contributed by atoms with Crippen molar-refractivity contribution in [1.82, 2.24) is 10.2 Å². The van der Waals surface area contributed by atoms with Crippen LogP contribution in [0.15, 0.2) is 0 Å². The molecule has 1 aliphatic carbocycles. The van der Waals surface area contributed by atoms with E-state index in [9.17, 15) is 4.79 Å². The van der Waals surface area contributed by atoms with E-state index in [1.54, 1.807) is 0 Å². The molecule has 1 N–H and O–H groups in total. The number of nitrogens with one attached hydrogen (secondary N) is 1. The van der Waals surface area contributed by atoms with Crippen molar-refractivity contribution < 1.29 is 4.79 Å². The third-order valence-corrected chi connectivity index (χ3v) is 4.27. The second kappa shape index (κ2) is 5.17. The van der Waals surface area contributed by atoms with E-state index in [0.717, 1.165) is 19.0 Å². The Bertz CT molecular complexity index is 254. The SMILES string of the molecule is CCC1CCCC(N2CNC(CC)C2=O)C1. The van der Waals surface area contributed by atoms with E-state index in [-0.39, 0.29) is 6.04 Å². The summed E-state index contributed by atoms with van der Waals surface area (Å²) in [5.74, 6) is 1.18. The van der Waals surface area contributed by atoms with Gasteiger partial charge in [0.05, 0.1) is 12.7 Å². The monoisotopic (exact) mass is 224 g/mol. The highest BCUT2D eigenvalue weighted by molar-refractivity contribution is 5.84. The molecule has 16 heavy (non-hydrogen) atoms. The van der Waals surface area contributed by atoms with Gasteiger partial charge in [0.1, 0.15) is 0 Å². The first-order valence-electron chi connectivity index (χ1n) is 6.80. The van der Waals surface area contributed by atoms with Crippen LogP contribution in [0, 0.1) is 5.92 Å². The van der Waals surface area contributed by atoms with Gasteiger partial charge in [-0.05, 0) is 25.2 Å². The van der Waals surface area contributed by atoms with Crippen LogP contribution in [0.4, 0.5) is 0 Å². The fourth-order valence-electron chi connectivity index (χ4n) is 3.12. The van der Waals surface area contributed by atoms with Gasteiger partial charge in [0.2, 0.25) is 5.91 Å². The Hall–Kier alpha value is -0.570. The molecule has 0 aromatic rings. The molecule has 2 aliphatic rings. The van der Waals surface area contributed by atoms with E-state index < -0.39 is 0 Å². The van der Waals surface area contributed by atoms with Crippen LogP contribution < -0.4 is 5.32 Å². The summed E-state index contributed by atoms with van der Waals surface area (Å²) < 4.78 is 0. The topological polar surface area (TPSA) is 32.3 Å². The van der Waals surface area contributed by atoms with Crippen LogP contribution in [0.25, 0.3) is 0 Å². The van der Waals surface area contributed by atoms with Gasteiger partial charge in [0.15, 0.2) is 0 Å². The second-order valence-corrected chi connectivity index (χ2v) is 5.23. The van der Waals surface area contributed by atoms with Crippen molar-refractivity contribution in [2.24, 2.45) is 5.92 Å². The van der Waals surface area contributed by atoms with Gasteiger partial charge in [-0.3, -0.25) is 10.1 Å². The predicted octanol–water partition coefficient (Wildman–Crippen LogP) is 2.12. The van der Waals surface area contributed by atoms with Crippen LogP contribution in [0.1, 0.15) is 52.4 Å². The van der Waals surface area contributed by atoms with E-state index in [1.807, 2.05) is 0 Å². The van der Waals surface area contributed by atoms with Gasteiger partial charge in [-0.15, -0.1) is 0 Å². The molecule has 1 saturated heterocycles. The molecule has 3 unspecified atom stereocenters. The molecule has 0 aromatic heterocycles. The molecule has 1 aliphatic heterocycles. The van der Waals surface area contributed by atoms with Gasteiger partial charge in [-0.2, -0.15) is 0 Å². The summed E-state index contributed by atoms with van der Waals surface area (Å²) in [6, 6.07) is 0.595. The number of rotatable bonds is 3. The number of amides is 1. The molecule has 1 heterocycles. The highest BCUT2D eigenvalue weighted by Gasteiger charge is 2.36. The van der Waals surface area contributed by atoms with Crippen LogP contribution >= 0.6 is 0 Å². The van der Waals surface area contributed by atoms with E-state index >= 15 is 0 Å². The lowest BCUT2D eigenvalue weighted by atomic mass is 9.83. The molecule has 1 saturated carbocycles. The number of hydrogen-bond donors (Lipinski definition) is 1. The van der Waals surface area contributed by atoms with Crippen molar-refractivity contribution in [3.63, 3.8) is 0 Å². The maximum atomic E-state index is 12.1. The Morgan fingerprint density at radius 3 is 2.75 bits per heavy atom. The molecule has 0 bridgehead atoms. The molecule has 92 valence electrons. The predicted molar refractivity (Wildman–Crippen MR) is 65.0 cm³/mol. The van der Waals surface area contributed by atoms with E-state index in [0.29, 0.717) is 11.9 Å². The Morgan fingerprint density at radius 1 is 1.31 bits per heavy atom. The molecular weight excluding hydrogens is 200 g/mol. The van der Waals surface area contributed by atoms with Crippen LogP contribution in [0.3, 0.4) is 0 Å². The Balaban J connectivity index is 1.95. The Labute approximate surface area is 98.6 Å². The molecule has 3 nitrogen and oxygen atoms in total. The van der Waals surface area contributed by atoms with Gasteiger partial charge >= 0.3 is 0 Å². The molecule has 0 spiro atoms. The average Bonchev–Trinajstić information content (AvgIpc) is 2.70. The van der Waals surface area contributed by atoms with Crippen molar-refractivity contribution in [1.29, 1.82) is 0 Å². The molecule has 2 fully saturated rings. The van der Waals surface area contributed by atoms with E-state index in [1.165, 1.54) is 32.1 Å². The van der Waals surface area contributed by atoms with Crippen molar-refractivity contribution in [3.05, 3.63) is 0 Å². The van der Waals surface area contributed by atoms with Crippen LogP contribution in [0.5, 0.6) is 0 Å². The van der Waals surface area contributed by atoms with Gasteiger partial charge < -0.3 is 4.90 Å². The summed E-state index contributed by atoms with van der Waals surface area (Å²) in [6.45, 7) is 5.12. The lowest BCUT2D eigenvalue weighted by Gasteiger charge is -2.34. The van der Waals surface area contributed by atoms with Crippen LogP contribution in [0.2, 0.25) is 0 Å². The number of hydrogen-bond acceptors (Lipinski definition) is 2. The standard InChI is InChI=1S/C13H24N2O/c1-3-10-6-5-7-11(8-10)15-9-14-12(4-2)13(15)16/h10-12,14H,3-9H2,1-2H3. The molecule has 3 heteroatoms. The quantitative estimate of drug-likeness (QED) is 0.796. The normalized spacial score (nSPS) is 35.8. The molecule has 2 rings (SSSR count). The van der Waals surface area contributed by atoms with Crippen LogP contribution in [-0.2, 0) is 4.79 Å². The maximum absolute atomic E-state index is 12.1. The first-order valence-corrected chi connectivity index (χ1v) is 6.80. The minimum absolute atomic E-state index is 0.0852. The van der Waals surface area contributed by atoms with Crippen LogP contribution in [-0.4, -0.2) is 29.6 Å². The van der Waals surface area contributed by atoms with E-state index in [2.05, 4.69) is 24.1 Å². The number of nitrogens with zero attached hydrogens (tertiary/aromatic N) is 1. The van der Waals surface area contributed by atoms with Gasteiger partial charge in [-0.25, -0.2) is 0 Å². The highest BCUT2D eigenvalue weighted by Crippen LogP contribution is 2.30. The first kappa shape index (κ1) is 11.9. The van der Waals surface area contributed by atoms with E-state index in [4.69, 9.17) is 0 Å². The van der Waals surface area contributed by atoms with Crippen molar-refractivity contribution in [2.45, 2.75) is 64.5 Å². The molecule has 1 amide bonds. The lowest BCUT2D eigenvalue weighted by molar-refractivity contribution is -0.131. The summed E-state index contributed by atoms with van der Waals surface area (Å²) in [7, 11) is 0. The van der Waals surface area contributed by atoms with Gasteiger partial charge in [-0.1, -0.05) is 33.1 Å². The Morgan fingerprint density at radius 2 is 2.12 bits per heavy atom. The third kappa shape index (κ3) is 2.24. The minimum atomic E-state index is 0.0852. The summed E-state index contributed by atoms with van der Waals surface area (Å²) in [5, 5.41) is 3.31. The lowest BCUT2D eigenvalue weighted by Crippen LogP contribution is -2.41. The maximum Gasteiger partial charge on any atom is 0.241 e. The second-order valence-electron chi connectivity index (χ2n) is 5.23. The fourth-order valence-corrected chi connectivity index (χ4v) is 3.12. The largest absolute Gasteiger partial charge is 0.326 e. The van der Waals surface area contributed by atoms with Crippen molar-refractivity contribution >= 4 is 5.91 Å². The van der Waals surface area contributed by atoms with Gasteiger partial charge in [0, 0.05) is 6.04 Å². The fraction of sp³-hybridized carbons (Fsp3) is 0.923. The zero-order valence-corrected chi connectivity index (χ0v) is 10.5. The zero-order valence-electron chi connectivity index (χ0n) is 10.5. The van der Waals surface area contributed by atoms with Crippen molar-refractivity contribution in [3.8, 4) is 0 Å². The number of carbonyl (C=O) groups excluding carboxylic acids is 1. The molecule has 0 aromatic carbocycles. The molecule has 3 atom stereocenters. The summed E-state index contributed by atoms with van der Waals surface area (Å²) >= 11 is 0. The molecular formula is C13H24N2O. The van der Waals surface area contributed by atoms with Gasteiger partial charge in [0.25, 0.3) is 0 Å². The average molecular weight is 224 g/mol. The minimum Gasteiger partial charge on any atom is -0.326 e. The zero-order chi connectivity index (χ0) is 11.5.